The van der Waals surface area contributed by atoms with E-state index >= 15 is 0 Å². The monoisotopic (exact) mass is 242 g/mol. The SMILES string of the molecule is COCC1(COC(=O)C(C)(C)C)CCCCC1. The molecule has 17 heavy (non-hydrogen) atoms. The summed E-state index contributed by atoms with van der Waals surface area (Å²) in [5.74, 6) is -0.112. The Morgan fingerprint density at radius 1 is 1.12 bits per heavy atom. The summed E-state index contributed by atoms with van der Waals surface area (Å²) in [5, 5.41) is 0. The summed E-state index contributed by atoms with van der Waals surface area (Å²) in [6, 6.07) is 0. The van der Waals surface area contributed by atoms with Crippen molar-refractivity contribution >= 4 is 5.97 Å². The highest BCUT2D eigenvalue weighted by atomic mass is 16.5. The Hall–Kier alpha value is -0.570. The van der Waals surface area contributed by atoms with Crippen LogP contribution in [0.4, 0.5) is 0 Å². The number of rotatable bonds is 4. The Morgan fingerprint density at radius 3 is 2.18 bits per heavy atom. The van der Waals surface area contributed by atoms with Crippen LogP contribution in [0.3, 0.4) is 0 Å². The molecule has 1 aliphatic rings. The third kappa shape index (κ3) is 4.30. The lowest BCUT2D eigenvalue weighted by molar-refractivity contribution is -0.159. The Kier molecular flexibility index (Phi) is 4.99. The molecule has 0 radical (unpaired) electrons. The molecule has 0 spiro atoms. The highest BCUT2D eigenvalue weighted by Gasteiger charge is 2.35. The molecule has 0 bridgehead atoms. The van der Waals surface area contributed by atoms with E-state index in [9.17, 15) is 4.79 Å². The van der Waals surface area contributed by atoms with Crippen LogP contribution in [0.2, 0.25) is 0 Å². The van der Waals surface area contributed by atoms with E-state index < -0.39 is 5.41 Å². The van der Waals surface area contributed by atoms with Gasteiger partial charge in [0.2, 0.25) is 0 Å². The van der Waals surface area contributed by atoms with Gasteiger partial charge in [0.05, 0.1) is 18.6 Å². The maximum absolute atomic E-state index is 11.8. The third-order valence-electron chi connectivity index (χ3n) is 3.49. The smallest absolute Gasteiger partial charge is 0.311 e. The average Bonchev–Trinajstić information content (AvgIpc) is 2.26. The van der Waals surface area contributed by atoms with Crippen molar-refractivity contribution in [2.45, 2.75) is 52.9 Å². The zero-order valence-electron chi connectivity index (χ0n) is 11.7. The maximum atomic E-state index is 11.8. The van der Waals surface area contributed by atoms with E-state index in [1.54, 1.807) is 7.11 Å². The Morgan fingerprint density at radius 2 is 1.71 bits per heavy atom. The summed E-state index contributed by atoms with van der Waals surface area (Å²) < 4.78 is 10.8. The summed E-state index contributed by atoms with van der Waals surface area (Å²) in [5.41, 5.74) is -0.350. The molecule has 3 heteroatoms. The van der Waals surface area contributed by atoms with Gasteiger partial charge in [-0.25, -0.2) is 0 Å². The van der Waals surface area contributed by atoms with Crippen LogP contribution in [0.5, 0.6) is 0 Å². The van der Waals surface area contributed by atoms with Gasteiger partial charge < -0.3 is 9.47 Å². The molecular weight excluding hydrogens is 216 g/mol. The topological polar surface area (TPSA) is 35.5 Å². The second-order valence-electron chi connectivity index (χ2n) is 6.32. The van der Waals surface area contributed by atoms with E-state index in [1.807, 2.05) is 20.8 Å². The molecule has 0 aromatic heterocycles. The van der Waals surface area contributed by atoms with E-state index in [-0.39, 0.29) is 11.4 Å². The summed E-state index contributed by atoms with van der Waals surface area (Å²) in [6.45, 7) is 6.87. The van der Waals surface area contributed by atoms with E-state index in [2.05, 4.69) is 0 Å². The molecule has 0 aromatic rings. The van der Waals surface area contributed by atoms with Crippen LogP contribution < -0.4 is 0 Å². The average molecular weight is 242 g/mol. The van der Waals surface area contributed by atoms with Gasteiger partial charge in [-0.2, -0.15) is 0 Å². The van der Waals surface area contributed by atoms with Crippen LogP contribution in [-0.2, 0) is 14.3 Å². The van der Waals surface area contributed by atoms with Gasteiger partial charge in [-0.1, -0.05) is 19.3 Å². The molecule has 3 nitrogen and oxygen atoms in total. The third-order valence-corrected chi connectivity index (χ3v) is 3.49. The number of carbonyl (C=O) groups is 1. The molecule has 0 aromatic carbocycles. The molecule has 1 fully saturated rings. The molecule has 0 amide bonds. The predicted octanol–water partition coefficient (Wildman–Crippen LogP) is 3.17. The summed E-state index contributed by atoms with van der Waals surface area (Å²) in [7, 11) is 1.72. The summed E-state index contributed by atoms with van der Waals surface area (Å²) >= 11 is 0. The fraction of sp³-hybridized carbons (Fsp3) is 0.929. The van der Waals surface area contributed by atoms with Gasteiger partial charge in [-0.05, 0) is 33.6 Å². The number of esters is 1. The van der Waals surface area contributed by atoms with Gasteiger partial charge in [-0.15, -0.1) is 0 Å². The standard InChI is InChI=1S/C14H26O3/c1-13(2,3)12(15)17-11-14(10-16-4)8-6-5-7-9-14/h5-11H2,1-4H3. The quantitative estimate of drug-likeness (QED) is 0.710. The van der Waals surface area contributed by atoms with Crippen molar-refractivity contribution in [2.24, 2.45) is 10.8 Å². The lowest BCUT2D eigenvalue weighted by Gasteiger charge is -2.36. The number of hydrogen-bond acceptors (Lipinski definition) is 3. The molecule has 0 atom stereocenters. The second-order valence-corrected chi connectivity index (χ2v) is 6.32. The Balaban J connectivity index is 2.52. The Bertz CT molecular complexity index is 241. The van der Waals surface area contributed by atoms with Crippen molar-refractivity contribution in [3.8, 4) is 0 Å². The first-order valence-electron chi connectivity index (χ1n) is 6.56. The van der Waals surface area contributed by atoms with Crippen LogP contribution in [-0.4, -0.2) is 26.3 Å². The molecule has 0 saturated heterocycles. The summed E-state index contributed by atoms with van der Waals surface area (Å²) in [6.07, 6.45) is 5.95. The molecular formula is C14H26O3. The van der Waals surface area contributed by atoms with E-state index in [0.29, 0.717) is 13.2 Å². The molecule has 1 rings (SSSR count). The van der Waals surface area contributed by atoms with Gasteiger partial charge >= 0.3 is 5.97 Å². The molecule has 0 aliphatic heterocycles. The van der Waals surface area contributed by atoms with Gasteiger partial charge in [0.25, 0.3) is 0 Å². The molecule has 100 valence electrons. The minimum absolute atomic E-state index is 0.0634. The zero-order valence-corrected chi connectivity index (χ0v) is 11.7. The van der Waals surface area contributed by atoms with E-state index in [0.717, 1.165) is 12.8 Å². The molecule has 1 aliphatic carbocycles. The highest BCUT2D eigenvalue weighted by Crippen LogP contribution is 2.37. The fourth-order valence-corrected chi connectivity index (χ4v) is 2.37. The first-order chi connectivity index (χ1) is 7.90. The van der Waals surface area contributed by atoms with Gasteiger partial charge in [-0.3, -0.25) is 4.79 Å². The van der Waals surface area contributed by atoms with Crippen molar-refractivity contribution in [2.75, 3.05) is 20.3 Å². The normalized spacial score (nSPS) is 20.0. The lowest BCUT2D eigenvalue weighted by Crippen LogP contribution is -2.37. The minimum atomic E-state index is -0.414. The molecule has 0 N–H and O–H groups in total. The molecule has 1 saturated carbocycles. The van der Waals surface area contributed by atoms with Crippen molar-refractivity contribution in [1.29, 1.82) is 0 Å². The van der Waals surface area contributed by atoms with Crippen molar-refractivity contribution in [3.63, 3.8) is 0 Å². The number of methoxy groups -OCH3 is 1. The number of ether oxygens (including phenoxy) is 2. The van der Waals surface area contributed by atoms with Gasteiger partial charge in [0, 0.05) is 12.5 Å². The van der Waals surface area contributed by atoms with Crippen molar-refractivity contribution in [3.05, 3.63) is 0 Å². The predicted molar refractivity (Wildman–Crippen MR) is 67.8 cm³/mol. The van der Waals surface area contributed by atoms with Gasteiger partial charge in [0.1, 0.15) is 0 Å². The second kappa shape index (κ2) is 5.85. The van der Waals surface area contributed by atoms with Crippen molar-refractivity contribution in [1.82, 2.24) is 0 Å². The summed E-state index contributed by atoms with van der Waals surface area (Å²) in [4.78, 5) is 11.8. The van der Waals surface area contributed by atoms with E-state index in [4.69, 9.17) is 9.47 Å². The minimum Gasteiger partial charge on any atom is -0.465 e. The van der Waals surface area contributed by atoms with Crippen LogP contribution in [0.15, 0.2) is 0 Å². The number of hydrogen-bond donors (Lipinski definition) is 0. The number of carbonyl (C=O) groups excluding carboxylic acids is 1. The van der Waals surface area contributed by atoms with Gasteiger partial charge in [0.15, 0.2) is 0 Å². The van der Waals surface area contributed by atoms with Crippen LogP contribution in [0.1, 0.15) is 52.9 Å². The van der Waals surface area contributed by atoms with E-state index in [1.165, 1.54) is 19.3 Å². The fourth-order valence-electron chi connectivity index (χ4n) is 2.37. The van der Waals surface area contributed by atoms with Crippen LogP contribution >= 0.6 is 0 Å². The van der Waals surface area contributed by atoms with Crippen molar-refractivity contribution < 1.29 is 14.3 Å². The molecule has 0 heterocycles. The van der Waals surface area contributed by atoms with Crippen LogP contribution in [0, 0.1) is 10.8 Å². The van der Waals surface area contributed by atoms with Crippen LogP contribution in [0.25, 0.3) is 0 Å². The highest BCUT2D eigenvalue weighted by molar-refractivity contribution is 5.75. The first kappa shape index (κ1) is 14.5. The largest absolute Gasteiger partial charge is 0.465 e. The lowest BCUT2D eigenvalue weighted by atomic mass is 9.75. The maximum Gasteiger partial charge on any atom is 0.311 e. The first-order valence-corrected chi connectivity index (χ1v) is 6.56. The Labute approximate surface area is 105 Å². The zero-order chi connectivity index (χ0) is 12.9. The molecule has 0 unspecified atom stereocenters.